The molecule has 2 N–H and O–H groups in total. The van der Waals surface area contributed by atoms with E-state index in [0.717, 1.165) is 12.5 Å². The first-order chi connectivity index (χ1) is 8.10. The highest BCUT2D eigenvalue weighted by atomic mass is 15.2. The van der Waals surface area contributed by atoms with Crippen LogP contribution in [0.25, 0.3) is 0 Å². The number of nitrogens with two attached hydrogens (primary N) is 1. The van der Waals surface area contributed by atoms with Crippen molar-refractivity contribution in [3.05, 3.63) is 0 Å². The van der Waals surface area contributed by atoms with Crippen molar-refractivity contribution in [3.8, 4) is 0 Å². The Balaban J connectivity index is 2.21. The van der Waals surface area contributed by atoms with Gasteiger partial charge in [0.15, 0.2) is 0 Å². The molecule has 0 aromatic rings. The van der Waals surface area contributed by atoms with Gasteiger partial charge >= 0.3 is 0 Å². The number of hydrogen-bond acceptors (Lipinski definition) is 2. The van der Waals surface area contributed by atoms with Gasteiger partial charge in [-0.25, -0.2) is 0 Å². The number of hydrogen-bond donors (Lipinski definition) is 1. The van der Waals surface area contributed by atoms with E-state index < -0.39 is 0 Å². The lowest BCUT2D eigenvalue weighted by Gasteiger charge is -2.32. The van der Waals surface area contributed by atoms with Gasteiger partial charge in [0.05, 0.1) is 0 Å². The molecule has 1 rings (SSSR count). The lowest BCUT2D eigenvalue weighted by atomic mass is 9.94. The molecule has 1 atom stereocenters. The van der Waals surface area contributed by atoms with Crippen LogP contribution in [-0.4, -0.2) is 30.1 Å². The summed E-state index contributed by atoms with van der Waals surface area (Å²) in [5.41, 5.74) is 6.14. The molecule has 0 aliphatic carbocycles. The maximum atomic E-state index is 5.69. The van der Waals surface area contributed by atoms with Gasteiger partial charge in [0, 0.05) is 5.54 Å². The highest BCUT2D eigenvalue weighted by Gasteiger charge is 2.30. The van der Waals surface area contributed by atoms with Crippen LogP contribution in [0.4, 0.5) is 0 Å². The molecule has 102 valence electrons. The highest BCUT2D eigenvalue weighted by molar-refractivity contribution is 4.87. The van der Waals surface area contributed by atoms with Crippen molar-refractivity contribution < 1.29 is 0 Å². The Kier molecular flexibility index (Phi) is 6.50. The van der Waals surface area contributed by atoms with Crippen LogP contribution in [0.2, 0.25) is 0 Å². The molecule has 0 amide bonds. The lowest BCUT2D eigenvalue weighted by Crippen LogP contribution is -2.38. The van der Waals surface area contributed by atoms with E-state index in [9.17, 15) is 0 Å². The minimum atomic E-state index is 0.453. The second-order valence-electron chi connectivity index (χ2n) is 6.28. The molecule has 0 bridgehead atoms. The fraction of sp³-hybridized carbons (Fsp3) is 1.00. The monoisotopic (exact) mass is 240 g/mol. The Morgan fingerprint density at radius 3 is 2.53 bits per heavy atom. The zero-order chi connectivity index (χ0) is 12.7. The van der Waals surface area contributed by atoms with Gasteiger partial charge in [-0.15, -0.1) is 0 Å². The summed E-state index contributed by atoms with van der Waals surface area (Å²) < 4.78 is 0. The molecule has 1 heterocycles. The van der Waals surface area contributed by atoms with Crippen LogP contribution < -0.4 is 5.73 Å². The first kappa shape index (κ1) is 15.0. The fourth-order valence-corrected chi connectivity index (χ4v) is 3.23. The highest BCUT2D eigenvalue weighted by Crippen LogP contribution is 2.28. The van der Waals surface area contributed by atoms with E-state index in [4.69, 9.17) is 5.73 Å². The van der Waals surface area contributed by atoms with E-state index >= 15 is 0 Å². The molecular formula is C15H32N2. The maximum absolute atomic E-state index is 5.69. The van der Waals surface area contributed by atoms with Crippen molar-refractivity contribution >= 4 is 0 Å². The summed E-state index contributed by atoms with van der Waals surface area (Å²) in [5, 5.41) is 0. The van der Waals surface area contributed by atoms with Crippen LogP contribution in [0.15, 0.2) is 0 Å². The third kappa shape index (κ3) is 4.97. The Hall–Kier alpha value is -0.0800. The van der Waals surface area contributed by atoms with Gasteiger partial charge < -0.3 is 5.73 Å². The van der Waals surface area contributed by atoms with E-state index in [-0.39, 0.29) is 0 Å². The van der Waals surface area contributed by atoms with Crippen LogP contribution in [0, 0.1) is 5.92 Å². The van der Waals surface area contributed by atoms with Crippen molar-refractivity contribution in [2.24, 2.45) is 11.7 Å². The molecule has 1 fully saturated rings. The molecule has 1 saturated heterocycles. The Morgan fingerprint density at radius 1 is 1.24 bits per heavy atom. The average Bonchev–Trinajstić information content (AvgIpc) is 2.59. The number of nitrogens with zero attached hydrogens (tertiary/aromatic N) is 1. The molecule has 0 aromatic carbocycles. The van der Waals surface area contributed by atoms with E-state index in [2.05, 4.69) is 25.7 Å². The van der Waals surface area contributed by atoms with Crippen LogP contribution >= 0.6 is 0 Å². The smallest absolute Gasteiger partial charge is 0.0153 e. The topological polar surface area (TPSA) is 29.3 Å². The second kappa shape index (κ2) is 7.38. The Bertz CT molecular complexity index is 195. The van der Waals surface area contributed by atoms with Crippen LogP contribution in [0.3, 0.4) is 0 Å². The molecule has 0 saturated carbocycles. The lowest BCUT2D eigenvalue weighted by molar-refractivity contribution is 0.167. The third-order valence-electron chi connectivity index (χ3n) is 4.38. The van der Waals surface area contributed by atoms with Gasteiger partial charge in [0.25, 0.3) is 0 Å². The largest absolute Gasteiger partial charge is 0.330 e. The van der Waals surface area contributed by atoms with Crippen molar-refractivity contribution in [3.63, 3.8) is 0 Å². The summed E-state index contributed by atoms with van der Waals surface area (Å²) in [5.74, 6) is 0.871. The predicted molar refractivity (Wildman–Crippen MR) is 76.2 cm³/mol. The van der Waals surface area contributed by atoms with Gasteiger partial charge in [-0.2, -0.15) is 0 Å². The molecule has 2 nitrogen and oxygen atoms in total. The summed E-state index contributed by atoms with van der Waals surface area (Å²) in [6, 6.07) is 0. The van der Waals surface area contributed by atoms with Crippen molar-refractivity contribution in [2.45, 2.75) is 71.3 Å². The van der Waals surface area contributed by atoms with E-state index in [1.165, 1.54) is 58.0 Å². The molecule has 1 unspecified atom stereocenters. The summed E-state index contributed by atoms with van der Waals surface area (Å²) >= 11 is 0. The third-order valence-corrected chi connectivity index (χ3v) is 4.38. The van der Waals surface area contributed by atoms with Crippen LogP contribution in [0.1, 0.15) is 65.7 Å². The SMILES string of the molecule is CCCC(CCN)CCCN1CCCC1(C)C. The summed E-state index contributed by atoms with van der Waals surface area (Å²) in [6.07, 6.45) is 9.37. The van der Waals surface area contributed by atoms with Gasteiger partial charge in [-0.1, -0.05) is 19.8 Å². The quantitative estimate of drug-likeness (QED) is 0.704. The van der Waals surface area contributed by atoms with Gasteiger partial charge in [0.2, 0.25) is 0 Å². The van der Waals surface area contributed by atoms with Gasteiger partial charge in [-0.05, 0) is 71.5 Å². The van der Waals surface area contributed by atoms with Crippen LogP contribution in [0.5, 0.6) is 0 Å². The summed E-state index contributed by atoms with van der Waals surface area (Å²) in [4.78, 5) is 2.68. The second-order valence-corrected chi connectivity index (χ2v) is 6.28. The molecule has 0 spiro atoms. The average molecular weight is 240 g/mol. The molecule has 0 aromatic heterocycles. The molecule has 0 radical (unpaired) electrons. The van der Waals surface area contributed by atoms with Crippen molar-refractivity contribution in [1.82, 2.24) is 4.90 Å². The van der Waals surface area contributed by atoms with E-state index in [1.807, 2.05) is 0 Å². The summed E-state index contributed by atoms with van der Waals surface area (Å²) in [7, 11) is 0. The molecule has 1 aliphatic heterocycles. The maximum Gasteiger partial charge on any atom is 0.0153 e. The molecule has 1 aliphatic rings. The van der Waals surface area contributed by atoms with Crippen molar-refractivity contribution in [2.75, 3.05) is 19.6 Å². The molecule has 2 heteroatoms. The molecular weight excluding hydrogens is 208 g/mol. The number of likely N-dealkylation sites (tertiary alicyclic amines) is 1. The standard InChI is InChI=1S/C15H32N2/c1-4-7-14(9-11-16)8-5-12-17-13-6-10-15(17,2)3/h14H,4-13,16H2,1-3H3. The Morgan fingerprint density at radius 2 is 2.00 bits per heavy atom. The summed E-state index contributed by atoms with van der Waals surface area (Å²) in [6.45, 7) is 10.5. The molecule has 17 heavy (non-hydrogen) atoms. The first-order valence-electron chi connectivity index (χ1n) is 7.55. The zero-order valence-electron chi connectivity index (χ0n) is 12.2. The normalized spacial score (nSPS) is 21.9. The van der Waals surface area contributed by atoms with Gasteiger partial charge in [0.1, 0.15) is 0 Å². The first-order valence-corrected chi connectivity index (χ1v) is 7.55. The number of rotatable bonds is 8. The van der Waals surface area contributed by atoms with Gasteiger partial charge in [-0.3, -0.25) is 4.90 Å². The van der Waals surface area contributed by atoms with E-state index in [1.54, 1.807) is 0 Å². The fourth-order valence-electron chi connectivity index (χ4n) is 3.23. The minimum Gasteiger partial charge on any atom is -0.330 e. The minimum absolute atomic E-state index is 0.453. The van der Waals surface area contributed by atoms with E-state index in [0.29, 0.717) is 5.54 Å². The Labute approximate surface area is 108 Å². The predicted octanol–water partition coefficient (Wildman–Crippen LogP) is 3.41. The zero-order valence-corrected chi connectivity index (χ0v) is 12.2. The van der Waals surface area contributed by atoms with Crippen molar-refractivity contribution in [1.29, 1.82) is 0 Å². The van der Waals surface area contributed by atoms with Crippen LogP contribution in [-0.2, 0) is 0 Å².